The van der Waals surface area contributed by atoms with Crippen molar-refractivity contribution in [3.8, 4) is 0 Å². The molecular formula is C10H13N7S. The van der Waals surface area contributed by atoms with Crippen LogP contribution in [0.15, 0.2) is 6.33 Å². The van der Waals surface area contributed by atoms with Gasteiger partial charge >= 0.3 is 0 Å². The van der Waals surface area contributed by atoms with Crippen LogP contribution in [-0.4, -0.2) is 34.1 Å². The highest BCUT2D eigenvalue weighted by atomic mass is 32.1. The summed E-state index contributed by atoms with van der Waals surface area (Å²) in [6.07, 6.45) is 1.68. The number of aryl methyl sites for hydroxylation is 3. The number of fused-ring (bicyclic) bond motifs is 1. The molecule has 3 heterocycles. The Morgan fingerprint density at radius 3 is 2.78 bits per heavy atom. The van der Waals surface area contributed by atoms with Crippen molar-refractivity contribution in [2.45, 2.75) is 13.5 Å². The lowest BCUT2D eigenvalue weighted by atomic mass is 10.4. The Hall–Kier alpha value is -1.96. The number of nitrogens with one attached hydrogen (secondary N) is 1. The first-order chi connectivity index (χ1) is 8.56. The number of rotatable bonds is 2. The number of H-pyrrole nitrogens is 1. The molecule has 0 aliphatic carbocycles. The molecular weight excluding hydrogens is 250 g/mol. The first-order valence-electron chi connectivity index (χ1n) is 5.53. The van der Waals surface area contributed by atoms with Crippen molar-refractivity contribution in [3.05, 3.63) is 22.6 Å². The average molecular weight is 263 g/mol. The van der Waals surface area contributed by atoms with E-state index < -0.39 is 0 Å². The molecule has 0 aliphatic rings. The standard InChI is InChI=1S/C10H13N7S/c1-6-8-9(16(3)13-6)17(10(18)12-8)4-7-11-5-15(2)14-7/h5H,4H2,1-3H3,(H,12,18). The fraction of sp³-hybridized carbons (Fsp3) is 0.400. The Morgan fingerprint density at radius 1 is 1.33 bits per heavy atom. The lowest BCUT2D eigenvalue weighted by Crippen LogP contribution is -2.06. The summed E-state index contributed by atoms with van der Waals surface area (Å²) in [4.78, 5) is 7.39. The molecule has 94 valence electrons. The predicted octanol–water partition coefficient (Wildman–Crippen LogP) is 0.918. The van der Waals surface area contributed by atoms with Crippen molar-refractivity contribution < 1.29 is 0 Å². The van der Waals surface area contributed by atoms with Gasteiger partial charge in [0.15, 0.2) is 16.2 Å². The molecule has 0 bridgehead atoms. The Bertz CT molecular complexity index is 772. The van der Waals surface area contributed by atoms with Gasteiger partial charge in [-0.1, -0.05) is 0 Å². The molecule has 3 aromatic heterocycles. The Labute approximate surface area is 108 Å². The molecule has 0 spiro atoms. The van der Waals surface area contributed by atoms with Gasteiger partial charge in [0.05, 0.1) is 12.2 Å². The van der Waals surface area contributed by atoms with Gasteiger partial charge in [0.25, 0.3) is 0 Å². The average Bonchev–Trinajstić information content (AvgIpc) is 2.91. The quantitative estimate of drug-likeness (QED) is 0.698. The van der Waals surface area contributed by atoms with E-state index in [0.29, 0.717) is 11.3 Å². The number of hydrogen-bond donors (Lipinski definition) is 1. The van der Waals surface area contributed by atoms with Crippen LogP contribution in [0.25, 0.3) is 11.2 Å². The lowest BCUT2D eigenvalue weighted by molar-refractivity contribution is 0.679. The van der Waals surface area contributed by atoms with Crippen LogP contribution in [0, 0.1) is 11.7 Å². The van der Waals surface area contributed by atoms with Gasteiger partial charge in [-0.25, -0.2) is 4.98 Å². The summed E-state index contributed by atoms with van der Waals surface area (Å²) in [5.74, 6) is 0.730. The minimum atomic E-state index is 0.540. The second-order valence-corrected chi connectivity index (χ2v) is 4.65. The van der Waals surface area contributed by atoms with Gasteiger partial charge in [-0.05, 0) is 19.1 Å². The fourth-order valence-corrected chi connectivity index (χ4v) is 2.37. The van der Waals surface area contributed by atoms with Gasteiger partial charge in [-0.15, -0.1) is 0 Å². The van der Waals surface area contributed by atoms with Gasteiger partial charge < -0.3 is 4.98 Å². The summed E-state index contributed by atoms with van der Waals surface area (Å²) >= 11 is 5.34. The molecule has 0 radical (unpaired) electrons. The van der Waals surface area contributed by atoms with Crippen molar-refractivity contribution in [1.29, 1.82) is 0 Å². The summed E-state index contributed by atoms with van der Waals surface area (Å²) in [6.45, 7) is 2.50. The van der Waals surface area contributed by atoms with E-state index in [4.69, 9.17) is 12.2 Å². The first-order valence-corrected chi connectivity index (χ1v) is 5.93. The van der Waals surface area contributed by atoms with Crippen LogP contribution in [0.1, 0.15) is 11.5 Å². The number of imidazole rings is 1. The van der Waals surface area contributed by atoms with Crippen LogP contribution >= 0.6 is 12.2 Å². The van der Waals surface area contributed by atoms with Crippen molar-refractivity contribution >= 4 is 23.4 Å². The molecule has 0 fully saturated rings. The number of aromatic nitrogens is 7. The highest BCUT2D eigenvalue weighted by Gasteiger charge is 2.13. The normalized spacial score (nSPS) is 11.5. The molecule has 0 unspecified atom stereocenters. The van der Waals surface area contributed by atoms with Gasteiger partial charge in [0.2, 0.25) is 0 Å². The van der Waals surface area contributed by atoms with Crippen LogP contribution in [0.2, 0.25) is 0 Å². The highest BCUT2D eigenvalue weighted by molar-refractivity contribution is 7.71. The maximum absolute atomic E-state index is 5.34. The van der Waals surface area contributed by atoms with Crippen molar-refractivity contribution in [2.75, 3.05) is 0 Å². The third kappa shape index (κ3) is 1.57. The number of aromatic amines is 1. The molecule has 0 saturated heterocycles. The monoisotopic (exact) mass is 263 g/mol. The van der Waals surface area contributed by atoms with Gasteiger partial charge in [-0.3, -0.25) is 13.9 Å². The summed E-state index contributed by atoms with van der Waals surface area (Å²) in [5, 5.41) is 8.64. The lowest BCUT2D eigenvalue weighted by Gasteiger charge is -2.01. The van der Waals surface area contributed by atoms with Gasteiger partial charge in [0.1, 0.15) is 11.8 Å². The minimum absolute atomic E-state index is 0.540. The van der Waals surface area contributed by atoms with E-state index in [-0.39, 0.29) is 0 Å². The molecule has 7 nitrogen and oxygen atoms in total. The second kappa shape index (κ2) is 3.77. The highest BCUT2D eigenvalue weighted by Crippen LogP contribution is 2.17. The summed E-state index contributed by atoms with van der Waals surface area (Å²) in [6, 6.07) is 0. The second-order valence-electron chi connectivity index (χ2n) is 4.26. The molecule has 0 aromatic carbocycles. The molecule has 0 aliphatic heterocycles. The Kier molecular flexibility index (Phi) is 2.34. The zero-order chi connectivity index (χ0) is 12.9. The van der Waals surface area contributed by atoms with Crippen LogP contribution in [0.4, 0.5) is 0 Å². The Balaban J connectivity index is 2.16. The van der Waals surface area contributed by atoms with Crippen LogP contribution < -0.4 is 0 Å². The Morgan fingerprint density at radius 2 is 2.11 bits per heavy atom. The molecule has 3 aromatic rings. The van der Waals surface area contributed by atoms with Gasteiger partial charge in [-0.2, -0.15) is 10.2 Å². The smallest absolute Gasteiger partial charge is 0.179 e. The third-order valence-electron chi connectivity index (χ3n) is 2.87. The first kappa shape index (κ1) is 11.1. The van der Waals surface area contributed by atoms with E-state index in [1.165, 1.54) is 0 Å². The van der Waals surface area contributed by atoms with Crippen molar-refractivity contribution in [1.82, 2.24) is 34.1 Å². The van der Waals surface area contributed by atoms with Crippen LogP contribution in [0.3, 0.4) is 0 Å². The fourth-order valence-electron chi connectivity index (χ4n) is 2.12. The molecule has 0 amide bonds. The molecule has 18 heavy (non-hydrogen) atoms. The third-order valence-corrected chi connectivity index (χ3v) is 3.19. The van der Waals surface area contributed by atoms with Crippen molar-refractivity contribution in [3.63, 3.8) is 0 Å². The van der Waals surface area contributed by atoms with E-state index in [2.05, 4.69) is 20.2 Å². The molecule has 8 heteroatoms. The maximum atomic E-state index is 5.34. The maximum Gasteiger partial charge on any atom is 0.179 e. The molecule has 1 N–H and O–H groups in total. The topological polar surface area (TPSA) is 69.2 Å². The number of nitrogens with zero attached hydrogens (tertiary/aromatic N) is 6. The van der Waals surface area contributed by atoms with E-state index in [9.17, 15) is 0 Å². The molecule has 3 rings (SSSR count). The van der Waals surface area contributed by atoms with E-state index >= 15 is 0 Å². The number of hydrogen-bond acceptors (Lipinski definition) is 4. The largest absolute Gasteiger partial charge is 0.328 e. The zero-order valence-electron chi connectivity index (χ0n) is 10.4. The van der Waals surface area contributed by atoms with Crippen LogP contribution in [0.5, 0.6) is 0 Å². The van der Waals surface area contributed by atoms with E-state index in [0.717, 1.165) is 22.7 Å². The van der Waals surface area contributed by atoms with Crippen molar-refractivity contribution in [2.24, 2.45) is 14.1 Å². The molecule has 0 atom stereocenters. The van der Waals surface area contributed by atoms with Gasteiger partial charge in [0, 0.05) is 14.1 Å². The van der Waals surface area contributed by atoms with E-state index in [1.54, 1.807) is 11.0 Å². The SMILES string of the molecule is Cc1nn(C)c2c1[nH]c(=S)n2Cc1ncn(C)n1. The summed E-state index contributed by atoms with van der Waals surface area (Å²) in [7, 11) is 3.75. The summed E-state index contributed by atoms with van der Waals surface area (Å²) in [5.41, 5.74) is 2.87. The molecule has 0 saturated carbocycles. The van der Waals surface area contributed by atoms with Crippen LogP contribution in [-0.2, 0) is 20.6 Å². The predicted molar refractivity (Wildman–Crippen MR) is 68.7 cm³/mol. The minimum Gasteiger partial charge on any atom is -0.328 e. The summed E-state index contributed by atoms with van der Waals surface area (Å²) < 4.78 is 6.12. The zero-order valence-corrected chi connectivity index (χ0v) is 11.2. The van der Waals surface area contributed by atoms with E-state index in [1.807, 2.05) is 30.3 Å².